The number of carbonyl (C=O) groups excluding carboxylic acids is 1. The number of nitriles is 1. The molecule has 0 aliphatic rings. The van der Waals surface area contributed by atoms with Gasteiger partial charge in [0.1, 0.15) is 23.1 Å². The monoisotopic (exact) mass is 370 g/mol. The third-order valence-corrected chi connectivity index (χ3v) is 4.23. The van der Waals surface area contributed by atoms with E-state index in [1.807, 2.05) is 32.0 Å². The number of methoxy groups -OCH3 is 2. The number of benzene rings is 2. The second-order valence-electron chi connectivity index (χ2n) is 5.65. The lowest BCUT2D eigenvalue weighted by molar-refractivity contribution is -0.112. The highest BCUT2D eigenvalue weighted by molar-refractivity contribution is 6.32. The molecular formula is C20H19ClN2O3. The zero-order valence-corrected chi connectivity index (χ0v) is 15.8. The molecule has 0 heterocycles. The van der Waals surface area contributed by atoms with E-state index >= 15 is 0 Å². The van der Waals surface area contributed by atoms with Crippen LogP contribution in [0.2, 0.25) is 5.02 Å². The fourth-order valence-corrected chi connectivity index (χ4v) is 2.57. The van der Waals surface area contributed by atoms with Gasteiger partial charge < -0.3 is 14.8 Å². The summed E-state index contributed by atoms with van der Waals surface area (Å²) in [6, 6.07) is 10.7. The van der Waals surface area contributed by atoms with Crippen LogP contribution in [0.1, 0.15) is 16.7 Å². The Morgan fingerprint density at radius 3 is 2.38 bits per heavy atom. The Hall–Kier alpha value is -2.97. The predicted molar refractivity (Wildman–Crippen MR) is 103 cm³/mol. The van der Waals surface area contributed by atoms with Gasteiger partial charge in [0.05, 0.1) is 19.2 Å². The molecule has 0 saturated heterocycles. The predicted octanol–water partition coefficient (Wildman–Crippen LogP) is 4.52. The number of hydrogen-bond donors (Lipinski definition) is 1. The molecule has 0 aliphatic carbocycles. The number of carbonyl (C=O) groups is 1. The number of nitrogens with one attached hydrogen (secondary N) is 1. The molecule has 0 radical (unpaired) electrons. The van der Waals surface area contributed by atoms with E-state index in [-0.39, 0.29) is 5.57 Å². The molecule has 1 amide bonds. The minimum atomic E-state index is -0.509. The van der Waals surface area contributed by atoms with E-state index in [9.17, 15) is 10.1 Å². The van der Waals surface area contributed by atoms with Gasteiger partial charge in [0.2, 0.25) is 0 Å². The molecule has 134 valence electrons. The van der Waals surface area contributed by atoms with Crippen molar-refractivity contribution in [1.82, 2.24) is 0 Å². The minimum Gasteiger partial charge on any atom is -0.496 e. The Morgan fingerprint density at radius 1 is 1.12 bits per heavy atom. The van der Waals surface area contributed by atoms with Crippen LogP contribution in [0.5, 0.6) is 11.5 Å². The summed E-state index contributed by atoms with van der Waals surface area (Å²) in [6.07, 6.45) is 1.43. The zero-order chi connectivity index (χ0) is 19.3. The average Bonchev–Trinajstić information content (AvgIpc) is 2.62. The largest absolute Gasteiger partial charge is 0.496 e. The molecule has 0 atom stereocenters. The van der Waals surface area contributed by atoms with Crippen molar-refractivity contribution < 1.29 is 14.3 Å². The van der Waals surface area contributed by atoms with Crippen LogP contribution in [0.25, 0.3) is 6.08 Å². The van der Waals surface area contributed by atoms with E-state index in [0.717, 1.165) is 11.1 Å². The van der Waals surface area contributed by atoms with Gasteiger partial charge in [0, 0.05) is 17.3 Å². The molecule has 5 nitrogen and oxygen atoms in total. The van der Waals surface area contributed by atoms with Crippen LogP contribution in [0.3, 0.4) is 0 Å². The minimum absolute atomic E-state index is 0.0669. The van der Waals surface area contributed by atoms with Crippen molar-refractivity contribution in [1.29, 1.82) is 5.26 Å². The fourth-order valence-electron chi connectivity index (χ4n) is 2.32. The highest BCUT2D eigenvalue weighted by atomic mass is 35.5. The second kappa shape index (κ2) is 8.41. The maximum absolute atomic E-state index is 12.5. The number of hydrogen-bond acceptors (Lipinski definition) is 4. The van der Waals surface area contributed by atoms with E-state index in [2.05, 4.69) is 5.32 Å². The summed E-state index contributed by atoms with van der Waals surface area (Å²) < 4.78 is 10.4. The molecule has 2 aromatic carbocycles. The molecule has 0 aromatic heterocycles. The molecular weight excluding hydrogens is 352 g/mol. The number of anilines is 1. The summed E-state index contributed by atoms with van der Waals surface area (Å²) in [5.41, 5.74) is 3.23. The van der Waals surface area contributed by atoms with Gasteiger partial charge in [-0.2, -0.15) is 5.26 Å². The molecule has 6 heteroatoms. The number of rotatable bonds is 5. The third-order valence-electron chi connectivity index (χ3n) is 3.93. The summed E-state index contributed by atoms with van der Waals surface area (Å²) in [5, 5.41) is 12.5. The lowest BCUT2D eigenvalue weighted by Crippen LogP contribution is -2.13. The van der Waals surface area contributed by atoms with Crippen LogP contribution < -0.4 is 14.8 Å². The Morgan fingerprint density at radius 2 is 1.81 bits per heavy atom. The van der Waals surface area contributed by atoms with Gasteiger partial charge in [0.15, 0.2) is 0 Å². The van der Waals surface area contributed by atoms with Gasteiger partial charge in [-0.3, -0.25) is 4.79 Å². The summed E-state index contributed by atoms with van der Waals surface area (Å²) in [4.78, 5) is 12.5. The van der Waals surface area contributed by atoms with E-state index in [0.29, 0.717) is 27.8 Å². The smallest absolute Gasteiger partial charge is 0.266 e. The van der Waals surface area contributed by atoms with Crippen LogP contribution in [0.15, 0.2) is 35.9 Å². The van der Waals surface area contributed by atoms with Crippen LogP contribution in [0.4, 0.5) is 5.69 Å². The third kappa shape index (κ3) is 4.35. The van der Waals surface area contributed by atoms with Crippen molar-refractivity contribution in [2.75, 3.05) is 19.5 Å². The van der Waals surface area contributed by atoms with Crippen LogP contribution in [-0.4, -0.2) is 20.1 Å². The van der Waals surface area contributed by atoms with Gasteiger partial charge in [-0.25, -0.2) is 0 Å². The highest BCUT2D eigenvalue weighted by Gasteiger charge is 2.14. The standard InChI is InChI=1S/C20H19ClN2O3/c1-12-5-6-16(7-13(12)2)23-20(24)15(11-22)8-14-9-17(21)19(26-4)10-18(14)25-3/h5-10H,1-4H3,(H,23,24)/b15-8+. The number of ether oxygens (including phenoxy) is 2. The molecule has 26 heavy (non-hydrogen) atoms. The van der Waals surface area contributed by atoms with E-state index in [4.69, 9.17) is 21.1 Å². The van der Waals surface area contributed by atoms with Gasteiger partial charge in [0.25, 0.3) is 5.91 Å². The van der Waals surface area contributed by atoms with Gasteiger partial charge >= 0.3 is 0 Å². The molecule has 0 spiro atoms. The van der Waals surface area contributed by atoms with Crippen LogP contribution in [-0.2, 0) is 4.79 Å². The number of amides is 1. The van der Waals surface area contributed by atoms with Crippen LogP contribution >= 0.6 is 11.6 Å². The molecule has 0 bridgehead atoms. The summed E-state index contributed by atoms with van der Waals surface area (Å²) in [7, 11) is 2.98. The summed E-state index contributed by atoms with van der Waals surface area (Å²) >= 11 is 6.13. The number of nitrogens with zero attached hydrogens (tertiary/aromatic N) is 1. The first kappa shape index (κ1) is 19.4. The first-order chi connectivity index (χ1) is 12.4. The van der Waals surface area contributed by atoms with E-state index in [1.54, 1.807) is 18.2 Å². The summed E-state index contributed by atoms with van der Waals surface area (Å²) in [6.45, 7) is 3.94. The number of halogens is 1. The van der Waals surface area contributed by atoms with Crippen molar-refractivity contribution in [3.8, 4) is 17.6 Å². The SMILES string of the molecule is COc1cc(OC)c(/C=C(\C#N)C(=O)Nc2ccc(C)c(C)c2)cc1Cl. The maximum atomic E-state index is 12.5. The Labute approximate surface area is 157 Å². The quantitative estimate of drug-likeness (QED) is 0.620. The molecule has 0 unspecified atom stereocenters. The van der Waals surface area contributed by atoms with Crippen LogP contribution in [0, 0.1) is 25.2 Å². The Kier molecular flexibility index (Phi) is 6.26. The first-order valence-corrected chi connectivity index (χ1v) is 8.19. The van der Waals surface area contributed by atoms with Crippen molar-refractivity contribution in [2.24, 2.45) is 0 Å². The van der Waals surface area contributed by atoms with E-state index in [1.165, 1.54) is 20.3 Å². The van der Waals surface area contributed by atoms with Crippen molar-refractivity contribution in [2.45, 2.75) is 13.8 Å². The van der Waals surface area contributed by atoms with Gasteiger partial charge in [-0.1, -0.05) is 17.7 Å². The second-order valence-corrected chi connectivity index (χ2v) is 6.06. The zero-order valence-electron chi connectivity index (χ0n) is 15.0. The van der Waals surface area contributed by atoms with Crippen molar-refractivity contribution >= 4 is 29.3 Å². The molecule has 0 aliphatic heterocycles. The molecule has 1 N–H and O–H groups in total. The topological polar surface area (TPSA) is 71.3 Å². The average molecular weight is 371 g/mol. The number of aryl methyl sites for hydroxylation is 2. The highest BCUT2D eigenvalue weighted by Crippen LogP contribution is 2.33. The van der Waals surface area contributed by atoms with Gasteiger partial charge in [-0.05, 0) is 49.2 Å². The Balaban J connectivity index is 2.35. The Bertz CT molecular complexity index is 914. The van der Waals surface area contributed by atoms with E-state index < -0.39 is 5.91 Å². The molecule has 2 rings (SSSR count). The summed E-state index contributed by atoms with van der Waals surface area (Å²) in [5.74, 6) is 0.376. The van der Waals surface area contributed by atoms with Gasteiger partial charge in [-0.15, -0.1) is 0 Å². The lowest BCUT2D eigenvalue weighted by Gasteiger charge is -2.10. The maximum Gasteiger partial charge on any atom is 0.266 e. The van der Waals surface area contributed by atoms with Crippen molar-refractivity contribution in [3.05, 3.63) is 57.6 Å². The molecule has 0 fully saturated rings. The normalized spacial score (nSPS) is 10.8. The van der Waals surface area contributed by atoms with Crippen molar-refractivity contribution in [3.63, 3.8) is 0 Å². The fraction of sp³-hybridized carbons (Fsp3) is 0.200. The molecule has 2 aromatic rings. The molecule has 0 saturated carbocycles. The lowest BCUT2D eigenvalue weighted by atomic mass is 10.1. The first-order valence-electron chi connectivity index (χ1n) is 7.81.